The van der Waals surface area contributed by atoms with E-state index in [0.717, 1.165) is 10.5 Å². The summed E-state index contributed by atoms with van der Waals surface area (Å²) in [6.07, 6.45) is 2.63. The van der Waals surface area contributed by atoms with Crippen LogP contribution in [0.1, 0.15) is 18.9 Å². The Labute approximate surface area is 143 Å². The first-order chi connectivity index (χ1) is 10.9. The number of ether oxygens (including phenoxy) is 1. The van der Waals surface area contributed by atoms with Crippen molar-refractivity contribution in [3.05, 3.63) is 46.1 Å². The molecule has 1 saturated carbocycles. The molecule has 2 aliphatic rings. The maximum Gasteiger partial charge on any atom is 0.411 e. The normalized spacial score (nSPS) is 28.2. The minimum absolute atomic E-state index is 0.0674. The molecule has 2 atom stereocenters. The number of carboxylic acid groups (broad SMARTS) is 1. The molecule has 1 amide bonds. The van der Waals surface area contributed by atoms with Crippen LogP contribution in [-0.2, 0) is 14.9 Å². The van der Waals surface area contributed by atoms with Gasteiger partial charge in [0.1, 0.15) is 5.41 Å². The van der Waals surface area contributed by atoms with Gasteiger partial charge in [0.2, 0.25) is 0 Å². The van der Waals surface area contributed by atoms with E-state index >= 15 is 0 Å². The molecule has 1 aromatic carbocycles. The van der Waals surface area contributed by atoms with E-state index in [1.54, 1.807) is 25.1 Å². The Kier molecular flexibility index (Phi) is 3.81. The summed E-state index contributed by atoms with van der Waals surface area (Å²) in [7, 11) is 0. The molecule has 0 radical (unpaired) electrons. The molecule has 1 aliphatic carbocycles. The molecular formula is C16H15Cl2NO4. The highest BCUT2D eigenvalue weighted by Crippen LogP contribution is 2.68. The van der Waals surface area contributed by atoms with Gasteiger partial charge in [0.15, 0.2) is 0 Å². The van der Waals surface area contributed by atoms with Crippen LogP contribution < -0.4 is 0 Å². The predicted octanol–water partition coefficient (Wildman–Crippen LogP) is 3.69. The molecule has 1 heterocycles. The second kappa shape index (κ2) is 5.42. The van der Waals surface area contributed by atoms with Crippen molar-refractivity contribution in [1.29, 1.82) is 0 Å². The number of hydrogen-bond donors (Lipinski definition) is 1. The zero-order valence-electron chi connectivity index (χ0n) is 12.4. The summed E-state index contributed by atoms with van der Waals surface area (Å²) >= 11 is 12.1. The molecule has 1 fully saturated rings. The molecule has 1 aliphatic heterocycles. The standard InChI is InChI=1S/C16H15Cl2NO4/c1-2-23-13(20)16-8-15(16,5-6-19(9-16)14(21)22)10-3-4-11(17)12(18)7-10/h3-7H,2,8-9H2,1H3,(H,21,22). The number of rotatable bonds is 3. The number of benzene rings is 1. The molecule has 1 aromatic rings. The number of nitrogens with zero attached hydrogens (tertiary/aromatic N) is 1. The lowest BCUT2D eigenvalue weighted by atomic mass is 9.83. The van der Waals surface area contributed by atoms with Crippen molar-refractivity contribution in [2.45, 2.75) is 18.8 Å². The van der Waals surface area contributed by atoms with Crippen LogP contribution in [0, 0.1) is 5.41 Å². The lowest BCUT2D eigenvalue weighted by molar-refractivity contribution is -0.151. The molecule has 0 spiro atoms. The number of amides is 1. The van der Waals surface area contributed by atoms with Gasteiger partial charge < -0.3 is 9.84 Å². The van der Waals surface area contributed by atoms with E-state index in [1.807, 2.05) is 6.07 Å². The number of halogens is 2. The van der Waals surface area contributed by atoms with Crippen molar-refractivity contribution in [2.24, 2.45) is 5.41 Å². The Balaban J connectivity index is 2.06. The second-order valence-electron chi connectivity index (χ2n) is 5.81. The maximum atomic E-state index is 12.5. The molecule has 0 saturated heterocycles. The van der Waals surface area contributed by atoms with Gasteiger partial charge in [-0.05, 0) is 31.0 Å². The van der Waals surface area contributed by atoms with E-state index in [1.165, 1.54) is 6.20 Å². The predicted molar refractivity (Wildman–Crippen MR) is 85.7 cm³/mol. The zero-order chi connectivity index (χ0) is 16.8. The fourth-order valence-electron chi connectivity index (χ4n) is 3.38. The topological polar surface area (TPSA) is 66.8 Å². The first-order valence-electron chi connectivity index (χ1n) is 7.18. The highest BCUT2D eigenvalue weighted by Gasteiger charge is 2.74. The molecule has 122 valence electrons. The summed E-state index contributed by atoms with van der Waals surface area (Å²) in [5, 5.41) is 10.1. The lowest BCUT2D eigenvalue weighted by Gasteiger charge is -2.30. The Morgan fingerprint density at radius 2 is 2.09 bits per heavy atom. The van der Waals surface area contributed by atoms with Crippen molar-refractivity contribution in [1.82, 2.24) is 4.90 Å². The summed E-state index contributed by atoms with van der Waals surface area (Å²) in [4.78, 5) is 24.9. The zero-order valence-corrected chi connectivity index (χ0v) is 13.9. The summed E-state index contributed by atoms with van der Waals surface area (Å²) < 4.78 is 5.20. The van der Waals surface area contributed by atoms with E-state index in [4.69, 9.17) is 27.9 Å². The molecular weight excluding hydrogens is 341 g/mol. The minimum atomic E-state index is -1.10. The van der Waals surface area contributed by atoms with Crippen molar-refractivity contribution < 1.29 is 19.4 Å². The van der Waals surface area contributed by atoms with Gasteiger partial charge in [-0.2, -0.15) is 0 Å². The largest absolute Gasteiger partial charge is 0.465 e. The van der Waals surface area contributed by atoms with Crippen LogP contribution in [0.15, 0.2) is 30.5 Å². The highest BCUT2D eigenvalue weighted by molar-refractivity contribution is 6.42. The molecule has 3 rings (SSSR count). The maximum absolute atomic E-state index is 12.5. The molecule has 5 nitrogen and oxygen atoms in total. The quantitative estimate of drug-likeness (QED) is 0.839. The summed E-state index contributed by atoms with van der Waals surface area (Å²) in [6.45, 7) is 2.04. The SMILES string of the molecule is CCOC(=O)C12CN(C(=O)O)C=CC1(c1ccc(Cl)c(Cl)c1)C2. The Morgan fingerprint density at radius 3 is 2.70 bits per heavy atom. The highest BCUT2D eigenvalue weighted by atomic mass is 35.5. The average Bonchev–Trinajstić information content (AvgIpc) is 3.21. The van der Waals surface area contributed by atoms with Crippen LogP contribution in [0.25, 0.3) is 0 Å². The third-order valence-corrected chi connectivity index (χ3v) is 5.37. The fourth-order valence-corrected chi connectivity index (χ4v) is 3.67. The van der Waals surface area contributed by atoms with Crippen molar-refractivity contribution in [2.75, 3.05) is 13.2 Å². The number of esters is 1. The molecule has 0 bridgehead atoms. The van der Waals surface area contributed by atoms with Gasteiger partial charge in [0, 0.05) is 18.2 Å². The van der Waals surface area contributed by atoms with E-state index in [2.05, 4.69) is 0 Å². The van der Waals surface area contributed by atoms with Crippen molar-refractivity contribution in [3.8, 4) is 0 Å². The van der Waals surface area contributed by atoms with Crippen LogP contribution in [0.2, 0.25) is 10.0 Å². The van der Waals surface area contributed by atoms with Gasteiger partial charge in [-0.3, -0.25) is 9.69 Å². The number of fused-ring (bicyclic) bond motifs is 1. The van der Waals surface area contributed by atoms with Gasteiger partial charge in [0.25, 0.3) is 0 Å². The van der Waals surface area contributed by atoms with Gasteiger partial charge in [0.05, 0.1) is 16.7 Å². The van der Waals surface area contributed by atoms with Crippen molar-refractivity contribution in [3.63, 3.8) is 0 Å². The summed E-state index contributed by atoms with van der Waals surface area (Å²) in [5.74, 6) is -0.387. The molecule has 2 unspecified atom stereocenters. The van der Waals surface area contributed by atoms with Gasteiger partial charge in [-0.1, -0.05) is 35.3 Å². The Morgan fingerprint density at radius 1 is 1.35 bits per heavy atom. The number of carbonyl (C=O) groups excluding carboxylic acids is 1. The summed E-state index contributed by atoms with van der Waals surface area (Å²) in [5.41, 5.74) is -0.673. The Hall–Kier alpha value is -1.72. The van der Waals surface area contributed by atoms with Crippen LogP contribution in [-0.4, -0.2) is 35.2 Å². The molecule has 1 N–H and O–H groups in total. The third-order valence-electron chi connectivity index (χ3n) is 4.64. The van der Waals surface area contributed by atoms with Crippen LogP contribution >= 0.6 is 23.2 Å². The Bertz CT molecular complexity index is 720. The number of hydrogen-bond acceptors (Lipinski definition) is 3. The van der Waals surface area contributed by atoms with Crippen LogP contribution in [0.3, 0.4) is 0 Å². The molecule has 23 heavy (non-hydrogen) atoms. The van der Waals surface area contributed by atoms with Gasteiger partial charge >= 0.3 is 12.1 Å². The fraction of sp³-hybridized carbons (Fsp3) is 0.375. The molecule has 0 aromatic heterocycles. The number of allylic oxidation sites excluding steroid dienone is 1. The average molecular weight is 356 g/mol. The van der Waals surface area contributed by atoms with Crippen LogP contribution in [0.4, 0.5) is 4.79 Å². The minimum Gasteiger partial charge on any atom is -0.465 e. The van der Waals surface area contributed by atoms with Crippen molar-refractivity contribution >= 4 is 35.3 Å². The third kappa shape index (κ3) is 2.30. The monoisotopic (exact) mass is 355 g/mol. The second-order valence-corrected chi connectivity index (χ2v) is 6.62. The first kappa shape index (κ1) is 16.1. The first-order valence-corrected chi connectivity index (χ1v) is 7.93. The van der Waals surface area contributed by atoms with E-state index < -0.39 is 16.9 Å². The van der Waals surface area contributed by atoms with E-state index in [9.17, 15) is 14.7 Å². The van der Waals surface area contributed by atoms with Gasteiger partial charge in [-0.25, -0.2) is 4.79 Å². The van der Waals surface area contributed by atoms with E-state index in [-0.39, 0.29) is 19.1 Å². The van der Waals surface area contributed by atoms with Crippen LogP contribution in [0.5, 0.6) is 0 Å². The number of carbonyl (C=O) groups is 2. The molecule has 7 heteroatoms. The smallest absolute Gasteiger partial charge is 0.411 e. The van der Waals surface area contributed by atoms with E-state index in [0.29, 0.717) is 16.5 Å². The lowest BCUT2D eigenvalue weighted by Crippen LogP contribution is -2.42. The summed E-state index contributed by atoms with van der Waals surface area (Å²) in [6, 6.07) is 5.22. The van der Waals surface area contributed by atoms with Gasteiger partial charge in [-0.15, -0.1) is 0 Å².